The van der Waals surface area contributed by atoms with E-state index in [1.54, 1.807) is 24.3 Å². The van der Waals surface area contributed by atoms with Gasteiger partial charge in [-0.25, -0.2) is 0 Å². The molecule has 6 heteroatoms. The molecule has 0 fully saturated rings. The highest BCUT2D eigenvalue weighted by atomic mass is 35.5. The van der Waals surface area contributed by atoms with Gasteiger partial charge in [0.05, 0.1) is 0 Å². The second kappa shape index (κ2) is 4.94. The summed E-state index contributed by atoms with van der Waals surface area (Å²) in [6, 6.07) is 7.00. The van der Waals surface area contributed by atoms with Crippen molar-refractivity contribution in [2.24, 2.45) is 0 Å². The fourth-order valence-corrected chi connectivity index (χ4v) is 1.64. The molecule has 0 radical (unpaired) electrons. The van der Waals surface area contributed by atoms with Crippen molar-refractivity contribution < 1.29 is 8.42 Å². The molecule has 0 amide bonds. The van der Waals surface area contributed by atoms with Crippen LogP contribution in [0, 0.1) is 0 Å². The lowest BCUT2D eigenvalue weighted by molar-refractivity contribution is 0.505. The fraction of sp³-hybridized carbons (Fsp3) is 0.333. The standard InChI is InChI=1S/C9H13ClN2O2S/c1-12(2)15(13,14)11-7-8-3-5-9(10)6-4-8/h3-6,11H,7H2,1-2H3. The predicted octanol–water partition coefficient (Wildman–Crippen LogP) is 1.24. The first-order valence-electron chi connectivity index (χ1n) is 4.33. The van der Waals surface area contributed by atoms with E-state index in [0.717, 1.165) is 9.87 Å². The first-order valence-corrected chi connectivity index (χ1v) is 6.15. The number of rotatable bonds is 4. The zero-order valence-electron chi connectivity index (χ0n) is 8.57. The van der Waals surface area contributed by atoms with Gasteiger partial charge in [0.2, 0.25) is 0 Å². The summed E-state index contributed by atoms with van der Waals surface area (Å²) in [5.74, 6) is 0. The van der Waals surface area contributed by atoms with Crippen LogP contribution in [0.5, 0.6) is 0 Å². The van der Waals surface area contributed by atoms with E-state index in [9.17, 15) is 8.42 Å². The molecule has 1 N–H and O–H groups in total. The average molecular weight is 249 g/mol. The van der Waals surface area contributed by atoms with Crippen molar-refractivity contribution in [3.63, 3.8) is 0 Å². The maximum absolute atomic E-state index is 11.4. The second-order valence-electron chi connectivity index (χ2n) is 3.24. The van der Waals surface area contributed by atoms with Crippen molar-refractivity contribution in [3.8, 4) is 0 Å². The van der Waals surface area contributed by atoms with Crippen LogP contribution < -0.4 is 4.72 Å². The van der Waals surface area contributed by atoms with Gasteiger partial charge in [0.25, 0.3) is 10.2 Å². The number of benzene rings is 1. The highest BCUT2D eigenvalue weighted by Crippen LogP contribution is 2.09. The van der Waals surface area contributed by atoms with E-state index in [0.29, 0.717) is 5.02 Å². The van der Waals surface area contributed by atoms with Gasteiger partial charge >= 0.3 is 0 Å². The molecule has 0 aromatic heterocycles. The Morgan fingerprint density at radius 3 is 2.27 bits per heavy atom. The van der Waals surface area contributed by atoms with Crippen LogP contribution in [0.3, 0.4) is 0 Å². The molecule has 1 rings (SSSR count). The van der Waals surface area contributed by atoms with Gasteiger partial charge in [-0.3, -0.25) is 0 Å². The Morgan fingerprint density at radius 1 is 1.27 bits per heavy atom. The van der Waals surface area contributed by atoms with Gasteiger partial charge in [-0.15, -0.1) is 0 Å². The first-order chi connectivity index (χ1) is 6.92. The highest BCUT2D eigenvalue weighted by Gasteiger charge is 2.11. The van der Waals surface area contributed by atoms with Crippen LogP contribution in [0.2, 0.25) is 5.02 Å². The summed E-state index contributed by atoms with van der Waals surface area (Å²) < 4.78 is 26.3. The predicted molar refractivity (Wildman–Crippen MR) is 60.9 cm³/mol. The Balaban J connectivity index is 2.62. The number of hydrogen-bond acceptors (Lipinski definition) is 2. The van der Waals surface area contributed by atoms with Crippen LogP contribution in [0.4, 0.5) is 0 Å². The van der Waals surface area contributed by atoms with E-state index < -0.39 is 10.2 Å². The number of hydrogen-bond donors (Lipinski definition) is 1. The second-order valence-corrected chi connectivity index (χ2v) is 5.64. The molecule has 0 spiro atoms. The Kier molecular flexibility index (Phi) is 4.10. The molecule has 84 valence electrons. The molecule has 1 aromatic rings. The molecule has 0 heterocycles. The number of halogens is 1. The Bertz CT molecular complexity index is 414. The summed E-state index contributed by atoms with van der Waals surface area (Å²) in [4.78, 5) is 0. The smallest absolute Gasteiger partial charge is 0.198 e. The summed E-state index contributed by atoms with van der Waals surface area (Å²) in [6.45, 7) is 0.262. The van der Waals surface area contributed by atoms with E-state index in [4.69, 9.17) is 11.6 Å². The molecule has 0 saturated carbocycles. The van der Waals surface area contributed by atoms with Crippen molar-refractivity contribution in [2.75, 3.05) is 14.1 Å². The Labute approximate surface area is 95.0 Å². The van der Waals surface area contributed by atoms with Crippen molar-refractivity contribution >= 4 is 21.8 Å². The lowest BCUT2D eigenvalue weighted by atomic mass is 10.2. The van der Waals surface area contributed by atoms with Crippen LogP contribution in [0.15, 0.2) is 24.3 Å². The van der Waals surface area contributed by atoms with E-state index in [2.05, 4.69) is 4.72 Å². The van der Waals surface area contributed by atoms with Gasteiger partial charge in [0.1, 0.15) is 0 Å². The molecule has 0 aliphatic heterocycles. The Morgan fingerprint density at radius 2 is 1.80 bits per heavy atom. The monoisotopic (exact) mass is 248 g/mol. The van der Waals surface area contributed by atoms with Gasteiger partial charge < -0.3 is 0 Å². The van der Waals surface area contributed by atoms with Crippen LogP contribution in [0.1, 0.15) is 5.56 Å². The maximum atomic E-state index is 11.4. The van der Waals surface area contributed by atoms with Crippen molar-refractivity contribution in [3.05, 3.63) is 34.9 Å². The van der Waals surface area contributed by atoms with Crippen molar-refractivity contribution in [1.82, 2.24) is 9.03 Å². The van der Waals surface area contributed by atoms with Crippen LogP contribution in [-0.2, 0) is 16.8 Å². The van der Waals surface area contributed by atoms with Crippen LogP contribution >= 0.6 is 11.6 Å². The largest absolute Gasteiger partial charge is 0.279 e. The summed E-state index contributed by atoms with van der Waals surface area (Å²) in [7, 11) is -0.403. The lowest BCUT2D eigenvalue weighted by Gasteiger charge is -2.12. The molecule has 0 saturated heterocycles. The van der Waals surface area contributed by atoms with E-state index in [-0.39, 0.29) is 6.54 Å². The SMILES string of the molecule is CN(C)S(=O)(=O)NCc1ccc(Cl)cc1. The van der Waals surface area contributed by atoms with Crippen LogP contribution in [-0.4, -0.2) is 26.8 Å². The van der Waals surface area contributed by atoms with Gasteiger partial charge in [-0.1, -0.05) is 23.7 Å². The van der Waals surface area contributed by atoms with E-state index in [1.165, 1.54) is 14.1 Å². The first kappa shape index (κ1) is 12.4. The minimum Gasteiger partial charge on any atom is -0.198 e. The number of nitrogens with zero attached hydrogens (tertiary/aromatic N) is 1. The minimum atomic E-state index is -3.36. The van der Waals surface area contributed by atoms with Crippen molar-refractivity contribution in [1.29, 1.82) is 0 Å². The third-order valence-electron chi connectivity index (χ3n) is 1.85. The summed E-state index contributed by atoms with van der Waals surface area (Å²) in [5.41, 5.74) is 0.866. The molecule has 0 aliphatic rings. The molecular weight excluding hydrogens is 236 g/mol. The van der Waals surface area contributed by atoms with Gasteiger partial charge in [0, 0.05) is 25.7 Å². The van der Waals surface area contributed by atoms with Gasteiger partial charge in [-0.2, -0.15) is 17.4 Å². The third-order valence-corrected chi connectivity index (χ3v) is 3.58. The molecule has 0 aliphatic carbocycles. The summed E-state index contributed by atoms with van der Waals surface area (Å²) >= 11 is 5.71. The minimum absolute atomic E-state index is 0.262. The lowest BCUT2D eigenvalue weighted by Crippen LogP contribution is -2.35. The van der Waals surface area contributed by atoms with E-state index in [1.807, 2.05) is 0 Å². The normalized spacial score (nSPS) is 12.0. The van der Waals surface area contributed by atoms with Gasteiger partial charge in [-0.05, 0) is 17.7 Å². The Hall–Kier alpha value is -0.620. The molecule has 0 unspecified atom stereocenters. The van der Waals surface area contributed by atoms with Crippen molar-refractivity contribution in [2.45, 2.75) is 6.54 Å². The quantitative estimate of drug-likeness (QED) is 0.872. The van der Waals surface area contributed by atoms with Crippen LogP contribution in [0.25, 0.3) is 0 Å². The molecule has 4 nitrogen and oxygen atoms in total. The molecular formula is C9H13ClN2O2S. The topological polar surface area (TPSA) is 49.4 Å². The maximum Gasteiger partial charge on any atom is 0.279 e. The molecule has 1 aromatic carbocycles. The third kappa shape index (κ3) is 3.79. The highest BCUT2D eigenvalue weighted by molar-refractivity contribution is 7.87. The molecule has 0 bridgehead atoms. The summed E-state index contributed by atoms with van der Waals surface area (Å²) in [5, 5.41) is 0.634. The number of nitrogens with one attached hydrogen (secondary N) is 1. The molecule has 15 heavy (non-hydrogen) atoms. The average Bonchev–Trinajstić information content (AvgIpc) is 2.17. The summed E-state index contributed by atoms with van der Waals surface area (Å²) in [6.07, 6.45) is 0. The zero-order chi connectivity index (χ0) is 11.5. The fourth-order valence-electron chi connectivity index (χ4n) is 0.906. The van der Waals surface area contributed by atoms with E-state index >= 15 is 0 Å². The molecule has 0 atom stereocenters. The van der Waals surface area contributed by atoms with Gasteiger partial charge in [0.15, 0.2) is 0 Å². The zero-order valence-corrected chi connectivity index (χ0v) is 10.1.